The molecule has 0 radical (unpaired) electrons. The summed E-state index contributed by atoms with van der Waals surface area (Å²) in [5.74, 6) is 1.30. The van der Waals surface area contributed by atoms with E-state index in [9.17, 15) is 0 Å². The number of ether oxygens (including phenoxy) is 2. The Kier molecular flexibility index (Phi) is 7.31. The van der Waals surface area contributed by atoms with Crippen molar-refractivity contribution in [2.45, 2.75) is 26.8 Å². The first-order chi connectivity index (χ1) is 9.22. The smallest absolute Gasteiger partial charge is 0.174 e. The number of hydrogen-bond acceptors (Lipinski definition) is 3. The predicted molar refractivity (Wildman–Crippen MR) is 77.2 cm³/mol. The molecule has 0 aromatic heterocycles. The molecule has 0 amide bonds. The molecule has 0 saturated heterocycles. The van der Waals surface area contributed by atoms with E-state index in [-0.39, 0.29) is 6.61 Å². The fraction of sp³-hybridized carbons (Fsp3) is 0.500. The van der Waals surface area contributed by atoms with Crippen LogP contribution < -0.4 is 14.8 Å². The highest BCUT2D eigenvalue weighted by Crippen LogP contribution is 2.33. The first kappa shape index (κ1) is 15.8. The largest absolute Gasteiger partial charge is 0.490 e. The van der Waals surface area contributed by atoms with Crippen molar-refractivity contribution in [3.63, 3.8) is 0 Å². The number of nitrogens with zero attached hydrogens (tertiary/aromatic N) is 1. The summed E-state index contributed by atoms with van der Waals surface area (Å²) in [7, 11) is 0. The zero-order valence-electron chi connectivity index (χ0n) is 11.4. The summed E-state index contributed by atoms with van der Waals surface area (Å²) in [6.45, 7) is 6.68. The van der Waals surface area contributed by atoms with Gasteiger partial charge in [-0.15, -0.1) is 0 Å². The molecule has 1 aromatic rings. The van der Waals surface area contributed by atoms with Crippen LogP contribution in [-0.4, -0.2) is 19.8 Å². The van der Waals surface area contributed by atoms with Gasteiger partial charge in [-0.05, 0) is 25.5 Å². The Morgan fingerprint density at radius 1 is 1.26 bits per heavy atom. The van der Waals surface area contributed by atoms with E-state index in [4.69, 9.17) is 14.7 Å². The molecule has 0 heterocycles. The van der Waals surface area contributed by atoms with E-state index < -0.39 is 0 Å². The van der Waals surface area contributed by atoms with Gasteiger partial charge < -0.3 is 14.8 Å². The Morgan fingerprint density at radius 3 is 2.63 bits per heavy atom. The first-order valence-electron chi connectivity index (χ1n) is 6.49. The van der Waals surface area contributed by atoms with E-state index in [0.717, 1.165) is 24.0 Å². The lowest BCUT2D eigenvalue weighted by Crippen LogP contribution is -2.82. The zero-order valence-corrected chi connectivity index (χ0v) is 13.0. The first-order valence-corrected chi connectivity index (χ1v) is 7.28. The number of benzene rings is 1. The minimum absolute atomic E-state index is 0.0216. The average Bonchev–Trinajstić information content (AvgIpc) is 2.40. The number of quaternary nitrogens is 1. The van der Waals surface area contributed by atoms with Gasteiger partial charge in [-0.2, -0.15) is 5.26 Å². The van der Waals surface area contributed by atoms with E-state index in [0.29, 0.717) is 18.1 Å². The molecule has 1 rings (SSSR count). The molecule has 1 aromatic carbocycles. The third kappa shape index (κ3) is 5.09. The molecule has 0 fully saturated rings. The summed E-state index contributed by atoms with van der Waals surface area (Å²) in [5.41, 5.74) is 1.17. The molecular weight excluding hydrogens is 308 g/mol. The summed E-state index contributed by atoms with van der Waals surface area (Å²) in [5, 5.41) is 10.8. The molecule has 0 aliphatic rings. The van der Waals surface area contributed by atoms with Gasteiger partial charge in [-0.3, -0.25) is 0 Å². The standard InChI is InChI=1S/C14H19BrN2O2/c1-3-6-17-10-11-8-13(18-4-2)14(9-12(11)15)19-7-5-16/h8-9,17H,3-4,6-7,10H2,1-2H3/p+1. The highest BCUT2D eigenvalue weighted by Gasteiger charge is 2.11. The molecule has 0 bridgehead atoms. The van der Waals surface area contributed by atoms with Crippen LogP contribution in [0.3, 0.4) is 0 Å². The molecule has 2 N–H and O–H groups in total. The van der Waals surface area contributed by atoms with Crippen LogP contribution in [0.1, 0.15) is 25.8 Å². The van der Waals surface area contributed by atoms with Crippen LogP contribution in [0.4, 0.5) is 0 Å². The fourth-order valence-corrected chi connectivity index (χ4v) is 2.17. The third-order valence-corrected chi connectivity index (χ3v) is 3.30. The highest BCUT2D eigenvalue weighted by atomic mass is 79.9. The van der Waals surface area contributed by atoms with Crippen molar-refractivity contribution in [3.8, 4) is 17.6 Å². The van der Waals surface area contributed by atoms with Gasteiger partial charge in [0.1, 0.15) is 12.6 Å². The molecule has 4 nitrogen and oxygen atoms in total. The van der Waals surface area contributed by atoms with E-state index >= 15 is 0 Å². The second-order valence-corrected chi connectivity index (χ2v) is 4.91. The molecule has 0 unspecified atom stereocenters. The van der Waals surface area contributed by atoms with Gasteiger partial charge in [0.25, 0.3) is 0 Å². The van der Waals surface area contributed by atoms with Crippen molar-refractivity contribution >= 4 is 15.9 Å². The van der Waals surface area contributed by atoms with Crippen LogP contribution in [0.5, 0.6) is 11.5 Å². The topological polar surface area (TPSA) is 58.9 Å². The molecule has 0 aliphatic carbocycles. The Labute approximate surface area is 122 Å². The van der Waals surface area contributed by atoms with E-state index in [1.54, 1.807) is 0 Å². The summed E-state index contributed by atoms with van der Waals surface area (Å²) in [6.07, 6.45) is 1.15. The van der Waals surface area contributed by atoms with E-state index in [1.807, 2.05) is 25.1 Å². The van der Waals surface area contributed by atoms with Gasteiger partial charge in [-0.1, -0.05) is 22.9 Å². The van der Waals surface area contributed by atoms with Crippen LogP contribution >= 0.6 is 15.9 Å². The van der Waals surface area contributed by atoms with Crippen molar-refractivity contribution in [1.29, 1.82) is 5.26 Å². The molecule has 0 spiro atoms. The van der Waals surface area contributed by atoms with Crippen LogP contribution in [0.25, 0.3) is 0 Å². The minimum atomic E-state index is 0.0216. The summed E-state index contributed by atoms with van der Waals surface area (Å²) in [6, 6.07) is 5.81. The zero-order chi connectivity index (χ0) is 14.1. The molecule has 5 heteroatoms. The SMILES string of the molecule is CCC[NH2+]Cc1cc(OCC)c(OCC#N)cc1Br. The molecule has 19 heavy (non-hydrogen) atoms. The highest BCUT2D eigenvalue weighted by molar-refractivity contribution is 9.10. The number of hydrogen-bond donors (Lipinski definition) is 1. The number of halogens is 1. The monoisotopic (exact) mass is 327 g/mol. The number of nitrogens with two attached hydrogens (primary N) is 1. The van der Waals surface area contributed by atoms with Gasteiger partial charge in [0.15, 0.2) is 18.1 Å². The molecule has 0 atom stereocenters. The lowest BCUT2D eigenvalue weighted by molar-refractivity contribution is -0.670. The fourth-order valence-electron chi connectivity index (χ4n) is 1.69. The second-order valence-electron chi connectivity index (χ2n) is 4.05. The lowest BCUT2D eigenvalue weighted by atomic mass is 10.2. The van der Waals surface area contributed by atoms with Gasteiger partial charge in [-0.25, -0.2) is 0 Å². The number of rotatable bonds is 8. The van der Waals surface area contributed by atoms with E-state index in [1.165, 1.54) is 5.56 Å². The van der Waals surface area contributed by atoms with Gasteiger partial charge in [0.05, 0.1) is 13.2 Å². The number of nitriles is 1. The second kappa shape index (κ2) is 8.78. The van der Waals surface area contributed by atoms with Crippen molar-refractivity contribution in [2.24, 2.45) is 0 Å². The van der Waals surface area contributed by atoms with Crippen LogP contribution in [0, 0.1) is 11.3 Å². The third-order valence-electron chi connectivity index (χ3n) is 2.56. The van der Waals surface area contributed by atoms with Crippen molar-refractivity contribution in [3.05, 3.63) is 22.2 Å². The summed E-state index contributed by atoms with van der Waals surface area (Å²) >= 11 is 3.54. The average molecular weight is 328 g/mol. The van der Waals surface area contributed by atoms with E-state index in [2.05, 4.69) is 28.2 Å². The maximum absolute atomic E-state index is 8.58. The van der Waals surface area contributed by atoms with Crippen molar-refractivity contribution in [1.82, 2.24) is 0 Å². The summed E-state index contributed by atoms with van der Waals surface area (Å²) < 4.78 is 11.9. The molecule has 104 valence electrons. The maximum Gasteiger partial charge on any atom is 0.174 e. The Morgan fingerprint density at radius 2 is 2.00 bits per heavy atom. The summed E-state index contributed by atoms with van der Waals surface area (Å²) in [4.78, 5) is 0. The quantitative estimate of drug-likeness (QED) is 0.745. The van der Waals surface area contributed by atoms with Crippen molar-refractivity contribution < 1.29 is 14.8 Å². The van der Waals surface area contributed by atoms with Crippen LogP contribution in [0.15, 0.2) is 16.6 Å². The Balaban J connectivity index is 2.89. The maximum atomic E-state index is 8.58. The van der Waals surface area contributed by atoms with Crippen LogP contribution in [-0.2, 0) is 6.54 Å². The Bertz CT molecular complexity index is 444. The predicted octanol–water partition coefficient (Wildman–Crippen LogP) is 2.22. The normalized spacial score (nSPS) is 10.0. The minimum Gasteiger partial charge on any atom is -0.490 e. The Hall–Kier alpha value is -1.25. The molecular formula is C14H20BrN2O2+. The van der Waals surface area contributed by atoms with Crippen molar-refractivity contribution in [2.75, 3.05) is 19.8 Å². The van der Waals surface area contributed by atoms with Crippen LogP contribution in [0.2, 0.25) is 0 Å². The van der Waals surface area contributed by atoms with Gasteiger partial charge in [0.2, 0.25) is 0 Å². The van der Waals surface area contributed by atoms with Gasteiger partial charge in [0, 0.05) is 10.0 Å². The molecule has 0 saturated carbocycles. The lowest BCUT2D eigenvalue weighted by Gasteiger charge is -2.13. The van der Waals surface area contributed by atoms with Gasteiger partial charge >= 0.3 is 0 Å². The molecule has 0 aliphatic heterocycles.